The van der Waals surface area contributed by atoms with Crippen molar-refractivity contribution in [2.45, 2.75) is 30.7 Å². The molecule has 4 rings (SSSR count). The number of carbonyl (C=O) groups is 3. The summed E-state index contributed by atoms with van der Waals surface area (Å²) in [5.74, 6) is -0.662. The van der Waals surface area contributed by atoms with E-state index in [2.05, 4.69) is 16.0 Å². The summed E-state index contributed by atoms with van der Waals surface area (Å²) in [5, 5.41) is 4.79. The number of amides is 3. The maximum Gasteiger partial charge on any atom is 0.290 e. The summed E-state index contributed by atoms with van der Waals surface area (Å²) >= 11 is 1.57. The molecule has 146 valence electrons. The lowest BCUT2D eigenvalue weighted by Gasteiger charge is -2.29. The Bertz CT molecular complexity index is 1070. The van der Waals surface area contributed by atoms with E-state index in [1.165, 1.54) is 7.05 Å². The van der Waals surface area contributed by atoms with Gasteiger partial charge in [0.2, 0.25) is 5.91 Å². The van der Waals surface area contributed by atoms with Crippen molar-refractivity contribution in [1.82, 2.24) is 25.5 Å². The van der Waals surface area contributed by atoms with Crippen molar-refractivity contribution in [1.29, 1.82) is 0 Å². The largest absolute Gasteiger partial charge is 0.315 e. The molecule has 0 aliphatic carbocycles. The molecule has 2 aliphatic rings. The van der Waals surface area contributed by atoms with Crippen molar-refractivity contribution >= 4 is 40.3 Å². The maximum absolute atomic E-state index is 12.6. The number of nitrogens with one attached hydrogen (secondary N) is 2. The Morgan fingerprint density at radius 2 is 1.93 bits per heavy atom. The number of aromatic nitrogens is 2. The van der Waals surface area contributed by atoms with Gasteiger partial charge in [0.25, 0.3) is 17.4 Å². The first-order valence-corrected chi connectivity index (χ1v) is 9.83. The molecule has 2 fully saturated rings. The van der Waals surface area contributed by atoms with Crippen molar-refractivity contribution in [3.05, 3.63) is 40.3 Å². The van der Waals surface area contributed by atoms with Crippen LogP contribution in [0.4, 0.5) is 0 Å². The van der Waals surface area contributed by atoms with E-state index in [4.69, 9.17) is 0 Å². The van der Waals surface area contributed by atoms with E-state index >= 15 is 0 Å². The molecule has 28 heavy (non-hydrogen) atoms. The Morgan fingerprint density at radius 3 is 2.68 bits per heavy atom. The van der Waals surface area contributed by atoms with Gasteiger partial charge in [-0.1, -0.05) is 18.2 Å². The van der Waals surface area contributed by atoms with Crippen LogP contribution in [0.3, 0.4) is 0 Å². The molecule has 2 aliphatic heterocycles. The van der Waals surface area contributed by atoms with Gasteiger partial charge in [-0.15, -0.1) is 11.8 Å². The van der Waals surface area contributed by atoms with Crippen LogP contribution in [0, 0.1) is 0 Å². The summed E-state index contributed by atoms with van der Waals surface area (Å²) in [6, 6.07) is 6.02. The van der Waals surface area contributed by atoms with E-state index in [0.29, 0.717) is 29.4 Å². The van der Waals surface area contributed by atoms with Gasteiger partial charge in [-0.25, -0.2) is 4.68 Å². The predicted octanol–water partition coefficient (Wildman–Crippen LogP) is 0.149. The van der Waals surface area contributed by atoms with E-state index in [9.17, 15) is 19.2 Å². The fourth-order valence-electron chi connectivity index (χ4n) is 3.74. The number of carbonyl (C=O) groups excluding carboxylic acids is 3. The molecule has 2 aromatic rings. The smallest absolute Gasteiger partial charge is 0.290 e. The number of fused-ring (bicyclic) bond motifs is 2. The van der Waals surface area contributed by atoms with Gasteiger partial charge in [0.15, 0.2) is 5.69 Å². The molecule has 1 aromatic carbocycles. The molecule has 0 radical (unpaired) electrons. The lowest BCUT2D eigenvalue weighted by atomic mass is 10.1. The van der Waals surface area contributed by atoms with E-state index in [-0.39, 0.29) is 22.0 Å². The van der Waals surface area contributed by atoms with Gasteiger partial charge in [0.1, 0.15) is 6.04 Å². The number of benzene rings is 1. The van der Waals surface area contributed by atoms with Crippen LogP contribution >= 0.6 is 11.8 Å². The second-order valence-corrected chi connectivity index (χ2v) is 8.53. The molecule has 0 unspecified atom stereocenters. The quantitative estimate of drug-likeness (QED) is 0.693. The molecule has 10 heteroatoms. The summed E-state index contributed by atoms with van der Waals surface area (Å²) < 4.78 is 1.08. The summed E-state index contributed by atoms with van der Waals surface area (Å²) in [6.45, 7) is 1.95. The first-order chi connectivity index (χ1) is 13.3. The number of rotatable bonds is 2. The van der Waals surface area contributed by atoms with Crippen molar-refractivity contribution in [2.75, 3.05) is 5.75 Å². The monoisotopic (exact) mass is 401 g/mol. The minimum Gasteiger partial charge on any atom is -0.315 e. The molecule has 0 saturated carbocycles. The van der Waals surface area contributed by atoms with Gasteiger partial charge in [-0.2, -0.15) is 5.10 Å². The maximum atomic E-state index is 12.6. The molecular weight excluding hydrogens is 382 g/mol. The van der Waals surface area contributed by atoms with Crippen LogP contribution in [-0.2, 0) is 16.6 Å². The number of hydrogen-bond donors (Lipinski definition) is 2. The predicted molar refractivity (Wildman–Crippen MR) is 103 cm³/mol. The SMILES string of the molecule is Cn1nc(C(=O)NNC(=O)[C@H]2CS[C@@]3(C)CCC(=O)N23)c2ccccc2c1=O. The lowest BCUT2D eigenvalue weighted by molar-refractivity contribution is -0.138. The lowest BCUT2D eigenvalue weighted by Crippen LogP contribution is -2.54. The van der Waals surface area contributed by atoms with E-state index in [1.54, 1.807) is 40.9 Å². The highest BCUT2D eigenvalue weighted by Crippen LogP contribution is 2.47. The second-order valence-electron chi connectivity index (χ2n) is 7.03. The van der Waals surface area contributed by atoms with Crippen LogP contribution in [0.5, 0.6) is 0 Å². The number of hydrogen-bond acceptors (Lipinski definition) is 6. The van der Waals surface area contributed by atoms with Crippen molar-refractivity contribution in [2.24, 2.45) is 7.05 Å². The molecule has 1 aromatic heterocycles. The van der Waals surface area contributed by atoms with Crippen LogP contribution in [-0.4, -0.2) is 49.1 Å². The van der Waals surface area contributed by atoms with Crippen molar-refractivity contribution in [3.63, 3.8) is 0 Å². The second kappa shape index (κ2) is 6.62. The third-order valence-electron chi connectivity index (χ3n) is 5.22. The van der Waals surface area contributed by atoms with Crippen LogP contribution in [0.2, 0.25) is 0 Å². The zero-order valence-electron chi connectivity index (χ0n) is 15.4. The van der Waals surface area contributed by atoms with Crippen LogP contribution in [0.15, 0.2) is 29.1 Å². The Balaban J connectivity index is 1.52. The Hall–Kier alpha value is -2.88. The molecule has 3 heterocycles. The van der Waals surface area contributed by atoms with Gasteiger partial charge in [0.05, 0.1) is 10.3 Å². The number of hydrazine groups is 1. The Kier molecular flexibility index (Phi) is 4.37. The van der Waals surface area contributed by atoms with Gasteiger partial charge in [0, 0.05) is 24.6 Å². The average Bonchev–Trinajstić information content (AvgIpc) is 3.18. The van der Waals surface area contributed by atoms with Crippen molar-refractivity contribution in [3.8, 4) is 0 Å². The Morgan fingerprint density at radius 1 is 1.21 bits per heavy atom. The van der Waals surface area contributed by atoms with Gasteiger partial charge in [-0.05, 0) is 19.4 Å². The van der Waals surface area contributed by atoms with E-state index in [1.807, 2.05) is 6.92 Å². The molecule has 2 N–H and O–H groups in total. The van der Waals surface area contributed by atoms with Crippen LogP contribution in [0.25, 0.3) is 10.8 Å². The topological polar surface area (TPSA) is 113 Å². The third-order valence-corrected chi connectivity index (χ3v) is 6.72. The molecule has 0 spiro atoms. The minimum absolute atomic E-state index is 0.0286. The fraction of sp³-hybridized carbons (Fsp3) is 0.389. The highest BCUT2D eigenvalue weighted by molar-refractivity contribution is 8.01. The molecule has 2 saturated heterocycles. The molecular formula is C18H19N5O4S. The normalized spacial score (nSPS) is 23.7. The molecule has 2 atom stereocenters. The molecule has 3 amide bonds. The summed E-state index contributed by atoms with van der Waals surface area (Å²) in [6.07, 6.45) is 1.13. The standard InChI is InChI=1S/C18H19N5O4S/c1-18-8-7-13(24)23(18)12(9-28-18)15(25)19-20-16(26)14-10-5-3-4-6-11(10)17(27)22(2)21-14/h3-6,12H,7-9H2,1-2H3,(H,19,25)(H,20,26)/t12-,18+/m1/s1. The summed E-state index contributed by atoms with van der Waals surface area (Å²) in [5.41, 5.74) is 4.47. The number of aryl methyl sites for hydroxylation is 1. The summed E-state index contributed by atoms with van der Waals surface area (Å²) in [7, 11) is 1.46. The zero-order chi connectivity index (χ0) is 20.1. The van der Waals surface area contributed by atoms with Crippen LogP contribution in [0.1, 0.15) is 30.3 Å². The van der Waals surface area contributed by atoms with E-state index < -0.39 is 17.9 Å². The van der Waals surface area contributed by atoms with E-state index in [0.717, 1.165) is 4.68 Å². The average molecular weight is 401 g/mol. The summed E-state index contributed by atoms with van der Waals surface area (Å²) in [4.78, 5) is 50.8. The highest BCUT2D eigenvalue weighted by Gasteiger charge is 2.52. The first kappa shape index (κ1) is 18.5. The van der Waals surface area contributed by atoms with Gasteiger partial charge in [-0.3, -0.25) is 30.0 Å². The third kappa shape index (κ3) is 2.84. The Labute approximate surface area is 164 Å². The molecule has 0 bridgehead atoms. The van der Waals surface area contributed by atoms with Crippen molar-refractivity contribution < 1.29 is 14.4 Å². The van der Waals surface area contributed by atoms with Crippen LogP contribution < -0.4 is 16.4 Å². The van der Waals surface area contributed by atoms with Gasteiger partial charge >= 0.3 is 0 Å². The number of thioether (sulfide) groups is 1. The van der Waals surface area contributed by atoms with Gasteiger partial charge < -0.3 is 4.90 Å². The fourth-order valence-corrected chi connectivity index (χ4v) is 5.17. The molecule has 9 nitrogen and oxygen atoms in total. The first-order valence-electron chi connectivity index (χ1n) is 8.84. The highest BCUT2D eigenvalue weighted by atomic mass is 32.2. The minimum atomic E-state index is -0.638. The zero-order valence-corrected chi connectivity index (χ0v) is 16.2. The number of nitrogens with zero attached hydrogens (tertiary/aromatic N) is 3.